The summed E-state index contributed by atoms with van der Waals surface area (Å²) >= 11 is 0. The summed E-state index contributed by atoms with van der Waals surface area (Å²) in [4.78, 5) is 8.03. The van der Waals surface area contributed by atoms with E-state index < -0.39 is 0 Å². The van der Waals surface area contributed by atoms with E-state index in [1.165, 1.54) is 0 Å². The Labute approximate surface area is 84.7 Å². The number of aliphatic imine (C=N–C) groups is 1. The molecule has 0 aliphatic heterocycles. The van der Waals surface area contributed by atoms with Gasteiger partial charge in [-0.2, -0.15) is 0 Å². The molecule has 2 nitrogen and oxygen atoms in total. The van der Waals surface area contributed by atoms with E-state index in [1.54, 1.807) is 6.08 Å². The van der Waals surface area contributed by atoms with Crippen LogP contribution in [0.4, 0.5) is 0 Å². The third kappa shape index (κ3) is 2.39. The lowest BCUT2D eigenvalue weighted by Crippen LogP contribution is -1.92. The van der Waals surface area contributed by atoms with Crippen LogP contribution >= 0.6 is 0 Å². The smallest absolute Gasteiger partial charge is 0.0444 e. The van der Waals surface area contributed by atoms with E-state index in [1.807, 2.05) is 19.2 Å². The fourth-order valence-corrected chi connectivity index (χ4v) is 1.19. The van der Waals surface area contributed by atoms with Gasteiger partial charge >= 0.3 is 0 Å². The Morgan fingerprint density at radius 1 is 1.64 bits per heavy atom. The molecule has 0 atom stereocenters. The Balaban J connectivity index is 2.94. The number of nitrogens with zero attached hydrogens (tertiary/aromatic N) is 2. The van der Waals surface area contributed by atoms with Gasteiger partial charge in [0.05, 0.1) is 0 Å². The van der Waals surface area contributed by atoms with Crippen LogP contribution in [0, 0.1) is 6.92 Å². The monoisotopic (exact) mass is 186 g/mol. The first-order chi connectivity index (χ1) is 6.67. The molecule has 0 unspecified atom stereocenters. The van der Waals surface area contributed by atoms with Gasteiger partial charge in [0.15, 0.2) is 0 Å². The topological polar surface area (TPSA) is 25.2 Å². The molecule has 0 radical (unpaired) electrons. The van der Waals surface area contributed by atoms with E-state index in [-0.39, 0.29) is 0 Å². The van der Waals surface area contributed by atoms with Crippen molar-refractivity contribution >= 4 is 12.8 Å². The van der Waals surface area contributed by atoms with E-state index >= 15 is 0 Å². The van der Waals surface area contributed by atoms with Crippen LogP contribution in [0.3, 0.4) is 0 Å². The summed E-state index contributed by atoms with van der Waals surface area (Å²) in [5, 5.41) is 0. The Kier molecular flexibility index (Phi) is 3.35. The van der Waals surface area contributed by atoms with Crippen LogP contribution in [0.5, 0.6) is 0 Å². The Morgan fingerprint density at radius 2 is 2.36 bits per heavy atom. The molecule has 0 aromatic carbocycles. The van der Waals surface area contributed by atoms with E-state index in [2.05, 4.69) is 29.9 Å². The highest BCUT2D eigenvalue weighted by atomic mass is 14.7. The minimum absolute atomic E-state index is 0.692. The molecule has 0 saturated carbocycles. The molecule has 0 N–H and O–H groups in total. The van der Waals surface area contributed by atoms with Crippen molar-refractivity contribution in [2.75, 3.05) is 0 Å². The highest BCUT2D eigenvalue weighted by molar-refractivity contribution is 5.50. The normalized spacial score (nSPS) is 9.50. The van der Waals surface area contributed by atoms with Crippen LogP contribution in [0.2, 0.25) is 0 Å². The van der Waals surface area contributed by atoms with Gasteiger partial charge in [-0.1, -0.05) is 19.2 Å². The standard InChI is InChI=1S/C12H14N2/c1-5-12-7-11(6-9(2)13-4)8-14-10(12)3/h5,7-8H,1-2,4,6H2,3H3. The molecule has 2 heteroatoms. The van der Waals surface area contributed by atoms with Crippen LogP contribution in [0.1, 0.15) is 16.8 Å². The number of rotatable bonds is 4. The molecular formula is C12H14N2. The van der Waals surface area contributed by atoms with E-state index in [4.69, 9.17) is 0 Å². The molecule has 0 aliphatic carbocycles. The summed E-state index contributed by atoms with van der Waals surface area (Å²) in [5.74, 6) is 0. The van der Waals surface area contributed by atoms with Crippen molar-refractivity contribution in [3.05, 3.63) is 47.9 Å². The summed E-state index contributed by atoms with van der Waals surface area (Å²) in [6.45, 7) is 12.9. The molecule has 0 aliphatic rings. The second-order valence-electron chi connectivity index (χ2n) is 3.12. The second-order valence-corrected chi connectivity index (χ2v) is 3.12. The van der Waals surface area contributed by atoms with Crippen LogP contribution in [-0.4, -0.2) is 11.7 Å². The largest absolute Gasteiger partial charge is 0.269 e. The van der Waals surface area contributed by atoms with Gasteiger partial charge in [0, 0.05) is 24.0 Å². The highest BCUT2D eigenvalue weighted by Crippen LogP contribution is 2.12. The fourth-order valence-electron chi connectivity index (χ4n) is 1.19. The second kappa shape index (κ2) is 4.51. The van der Waals surface area contributed by atoms with E-state index in [0.29, 0.717) is 6.42 Å². The van der Waals surface area contributed by atoms with E-state index in [0.717, 1.165) is 22.5 Å². The minimum atomic E-state index is 0.692. The molecule has 72 valence electrons. The van der Waals surface area contributed by atoms with E-state index in [9.17, 15) is 0 Å². The molecule has 0 amide bonds. The summed E-state index contributed by atoms with van der Waals surface area (Å²) in [6.07, 6.45) is 4.33. The van der Waals surface area contributed by atoms with Crippen LogP contribution in [0.25, 0.3) is 6.08 Å². The van der Waals surface area contributed by atoms with Crippen molar-refractivity contribution in [1.29, 1.82) is 0 Å². The molecule has 0 spiro atoms. The van der Waals surface area contributed by atoms with Gasteiger partial charge in [0.2, 0.25) is 0 Å². The summed E-state index contributed by atoms with van der Waals surface area (Å²) < 4.78 is 0. The van der Waals surface area contributed by atoms with Crippen molar-refractivity contribution in [2.24, 2.45) is 4.99 Å². The van der Waals surface area contributed by atoms with Crippen molar-refractivity contribution in [1.82, 2.24) is 4.98 Å². The van der Waals surface area contributed by atoms with Crippen LogP contribution in [0.15, 0.2) is 36.1 Å². The Morgan fingerprint density at radius 3 is 2.93 bits per heavy atom. The minimum Gasteiger partial charge on any atom is -0.269 e. The Hall–Kier alpha value is -1.70. The molecule has 0 fully saturated rings. The van der Waals surface area contributed by atoms with Gasteiger partial charge in [-0.15, -0.1) is 0 Å². The molecular weight excluding hydrogens is 172 g/mol. The molecule has 1 aromatic heterocycles. The van der Waals surface area contributed by atoms with Crippen molar-refractivity contribution in [3.63, 3.8) is 0 Å². The molecule has 1 aromatic rings. The third-order valence-corrected chi connectivity index (χ3v) is 2.03. The maximum atomic E-state index is 4.26. The quantitative estimate of drug-likeness (QED) is 0.664. The average molecular weight is 186 g/mol. The zero-order valence-electron chi connectivity index (χ0n) is 8.45. The third-order valence-electron chi connectivity index (χ3n) is 2.03. The summed E-state index contributed by atoms with van der Waals surface area (Å²) in [6, 6.07) is 2.05. The molecule has 14 heavy (non-hydrogen) atoms. The lowest BCUT2D eigenvalue weighted by Gasteiger charge is -2.04. The SMILES string of the molecule is C=Cc1cc(CC(=C)N=C)cnc1C. The maximum absolute atomic E-state index is 4.26. The molecule has 1 heterocycles. The zero-order valence-corrected chi connectivity index (χ0v) is 8.45. The van der Waals surface area contributed by atoms with Gasteiger partial charge in [-0.3, -0.25) is 9.98 Å². The highest BCUT2D eigenvalue weighted by Gasteiger charge is 1.99. The predicted octanol–water partition coefficient (Wildman–Crippen LogP) is 2.79. The van der Waals surface area contributed by atoms with Crippen LogP contribution < -0.4 is 0 Å². The first-order valence-electron chi connectivity index (χ1n) is 4.40. The number of hydrogen-bond acceptors (Lipinski definition) is 2. The summed E-state index contributed by atoms with van der Waals surface area (Å²) in [5.41, 5.74) is 3.88. The average Bonchev–Trinajstić information content (AvgIpc) is 2.20. The van der Waals surface area contributed by atoms with Gasteiger partial charge in [0.25, 0.3) is 0 Å². The number of aromatic nitrogens is 1. The Bertz CT molecular complexity index is 378. The number of hydrogen-bond donors (Lipinski definition) is 0. The van der Waals surface area contributed by atoms with Crippen molar-refractivity contribution in [2.45, 2.75) is 13.3 Å². The lowest BCUT2D eigenvalue weighted by atomic mass is 10.1. The van der Waals surface area contributed by atoms with Crippen molar-refractivity contribution in [3.8, 4) is 0 Å². The van der Waals surface area contributed by atoms with Crippen molar-refractivity contribution < 1.29 is 0 Å². The van der Waals surface area contributed by atoms with Gasteiger partial charge in [-0.05, 0) is 30.8 Å². The van der Waals surface area contributed by atoms with Crippen LogP contribution in [-0.2, 0) is 6.42 Å². The van der Waals surface area contributed by atoms with Gasteiger partial charge in [0.1, 0.15) is 0 Å². The summed E-state index contributed by atoms with van der Waals surface area (Å²) in [7, 11) is 0. The first kappa shape index (κ1) is 10.4. The maximum Gasteiger partial charge on any atom is 0.0444 e. The number of pyridine rings is 1. The zero-order chi connectivity index (χ0) is 10.6. The van der Waals surface area contributed by atoms with Gasteiger partial charge < -0.3 is 0 Å². The fraction of sp³-hybridized carbons (Fsp3) is 0.167. The molecule has 1 rings (SSSR count). The first-order valence-corrected chi connectivity index (χ1v) is 4.40. The predicted molar refractivity (Wildman–Crippen MR) is 61.5 cm³/mol. The lowest BCUT2D eigenvalue weighted by molar-refractivity contribution is 1.07. The molecule has 0 saturated heterocycles. The number of allylic oxidation sites excluding steroid dienone is 1. The molecule has 0 bridgehead atoms. The van der Waals surface area contributed by atoms with Gasteiger partial charge in [-0.25, -0.2) is 0 Å². The number of aryl methyl sites for hydroxylation is 1.